The average Bonchev–Trinajstić information content (AvgIpc) is 2.85. The quantitative estimate of drug-likeness (QED) is 0.238. The Hall–Kier alpha value is -4.11. The lowest BCUT2D eigenvalue weighted by Gasteiger charge is -2.25. The highest BCUT2D eigenvalue weighted by molar-refractivity contribution is 5.80. The van der Waals surface area contributed by atoms with E-state index in [1.165, 1.54) is 0 Å². The predicted molar refractivity (Wildman–Crippen MR) is 133 cm³/mol. The summed E-state index contributed by atoms with van der Waals surface area (Å²) in [6.07, 6.45) is 5.82. The zero-order valence-corrected chi connectivity index (χ0v) is 17.5. The predicted octanol–water partition coefficient (Wildman–Crippen LogP) is 7.29. The molecule has 31 heavy (non-hydrogen) atoms. The Bertz CT molecular complexity index is 1080. The number of benzene rings is 4. The maximum Gasteiger partial charge on any atom is 0.0590 e. The van der Waals surface area contributed by atoms with Crippen LogP contribution in [0.1, 0.15) is 5.56 Å². The fourth-order valence-electron chi connectivity index (χ4n) is 3.34. The fourth-order valence-corrected chi connectivity index (χ4v) is 3.34. The number of para-hydroxylation sites is 3. The average molecular weight is 404 g/mol. The van der Waals surface area contributed by atoms with E-state index in [1.54, 1.807) is 6.21 Å². The van der Waals surface area contributed by atoms with E-state index in [9.17, 15) is 0 Å². The molecular formula is C28H25N3. The van der Waals surface area contributed by atoms with Gasteiger partial charge in [-0.15, -0.1) is 0 Å². The Morgan fingerprint density at radius 1 is 0.548 bits per heavy atom. The Kier molecular flexibility index (Phi) is 6.56. The molecule has 4 aromatic rings. The molecule has 4 rings (SSSR count). The molecular weight excluding hydrogens is 378 g/mol. The summed E-state index contributed by atoms with van der Waals surface area (Å²) < 4.78 is 0. The van der Waals surface area contributed by atoms with Crippen molar-refractivity contribution in [3.05, 3.63) is 127 Å². The topological polar surface area (TPSA) is 18.8 Å². The molecule has 4 aromatic carbocycles. The summed E-state index contributed by atoms with van der Waals surface area (Å²) in [6.45, 7) is 0. The summed E-state index contributed by atoms with van der Waals surface area (Å²) in [5.74, 6) is 0. The highest BCUT2D eigenvalue weighted by atomic mass is 15.4. The first kappa shape index (κ1) is 20.2. The van der Waals surface area contributed by atoms with E-state index in [-0.39, 0.29) is 0 Å². The van der Waals surface area contributed by atoms with Crippen LogP contribution >= 0.6 is 0 Å². The molecule has 0 unspecified atom stereocenters. The zero-order chi connectivity index (χ0) is 21.3. The smallest absolute Gasteiger partial charge is 0.0590 e. The van der Waals surface area contributed by atoms with Crippen molar-refractivity contribution in [3.8, 4) is 0 Å². The Balaban J connectivity index is 1.50. The molecule has 0 heterocycles. The van der Waals surface area contributed by atoms with Crippen LogP contribution in [0.4, 0.5) is 22.7 Å². The van der Waals surface area contributed by atoms with Gasteiger partial charge in [-0.1, -0.05) is 72.8 Å². The number of allylic oxidation sites excluding steroid dienone is 1. The molecule has 0 N–H and O–H groups in total. The van der Waals surface area contributed by atoms with Gasteiger partial charge >= 0.3 is 0 Å². The minimum Gasteiger partial charge on any atom is -0.311 e. The molecule has 0 saturated carbocycles. The van der Waals surface area contributed by atoms with Crippen LogP contribution in [0.3, 0.4) is 0 Å². The van der Waals surface area contributed by atoms with Gasteiger partial charge in [-0.05, 0) is 60.2 Å². The van der Waals surface area contributed by atoms with Gasteiger partial charge in [-0.2, -0.15) is 5.10 Å². The van der Waals surface area contributed by atoms with Crippen molar-refractivity contribution in [1.82, 2.24) is 0 Å². The van der Waals surface area contributed by atoms with Gasteiger partial charge < -0.3 is 4.90 Å². The Morgan fingerprint density at radius 3 is 1.52 bits per heavy atom. The van der Waals surface area contributed by atoms with E-state index in [0.29, 0.717) is 0 Å². The van der Waals surface area contributed by atoms with Gasteiger partial charge in [0, 0.05) is 30.3 Å². The van der Waals surface area contributed by atoms with Crippen molar-refractivity contribution in [1.29, 1.82) is 0 Å². The van der Waals surface area contributed by atoms with E-state index in [1.807, 2.05) is 60.6 Å². The second-order valence-corrected chi connectivity index (χ2v) is 7.08. The summed E-state index contributed by atoms with van der Waals surface area (Å²) >= 11 is 0. The van der Waals surface area contributed by atoms with Crippen LogP contribution < -0.4 is 9.91 Å². The van der Waals surface area contributed by atoms with E-state index >= 15 is 0 Å². The lowest BCUT2D eigenvalue weighted by molar-refractivity contribution is 1.03. The summed E-state index contributed by atoms with van der Waals surface area (Å²) in [4.78, 5) is 2.25. The molecule has 3 heteroatoms. The van der Waals surface area contributed by atoms with Crippen LogP contribution in [0, 0.1) is 0 Å². The second kappa shape index (κ2) is 10.1. The lowest BCUT2D eigenvalue weighted by atomic mass is 10.1. The minimum absolute atomic E-state index is 1.05. The first-order valence-electron chi connectivity index (χ1n) is 10.3. The summed E-state index contributed by atoms with van der Waals surface area (Å²) in [5, 5.41) is 6.30. The second-order valence-electron chi connectivity index (χ2n) is 7.08. The third-order valence-corrected chi connectivity index (χ3v) is 4.92. The number of nitrogens with zero attached hydrogens (tertiary/aromatic N) is 3. The van der Waals surface area contributed by atoms with Crippen LogP contribution in [0.2, 0.25) is 0 Å². The number of rotatable bonds is 7. The highest BCUT2D eigenvalue weighted by Crippen LogP contribution is 2.34. The molecule has 0 bridgehead atoms. The molecule has 0 fully saturated rings. The van der Waals surface area contributed by atoms with E-state index in [4.69, 9.17) is 0 Å². The van der Waals surface area contributed by atoms with Gasteiger partial charge in [0.1, 0.15) is 0 Å². The van der Waals surface area contributed by atoms with Crippen LogP contribution in [-0.4, -0.2) is 13.3 Å². The Morgan fingerprint density at radius 2 is 1.00 bits per heavy atom. The maximum absolute atomic E-state index is 4.45. The normalized spacial score (nSPS) is 11.1. The van der Waals surface area contributed by atoms with Crippen LogP contribution in [0.25, 0.3) is 6.08 Å². The van der Waals surface area contributed by atoms with E-state index in [2.05, 4.69) is 88.9 Å². The first-order valence-corrected chi connectivity index (χ1v) is 10.3. The minimum atomic E-state index is 1.05. The van der Waals surface area contributed by atoms with Gasteiger partial charge in [0.2, 0.25) is 0 Å². The summed E-state index contributed by atoms with van der Waals surface area (Å²) in [6, 6.07) is 39.5. The number of hydrogen-bond donors (Lipinski definition) is 0. The van der Waals surface area contributed by atoms with Gasteiger partial charge in [-0.25, -0.2) is 0 Å². The zero-order valence-electron chi connectivity index (χ0n) is 17.5. The molecule has 0 saturated heterocycles. The molecule has 0 aromatic heterocycles. The first-order chi connectivity index (χ1) is 15.3. The Labute approximate surface area is 184 Å². The van der Waals surface area contributed by atoms with Crippen molar-refractivity contribution < 1.29 is 0 Å². The molecule has 0 aliphatic carbocycles. The van der Waals surface area contributed by atoms with E-state index < -0.39 is 0 Å². The van der Waals surface area contributed by atoms with Gasteiger partial charge in [0.05, 0.1) is 5.69 Å². The fraction of sp³-hybridized carbons (Fsp3) is 0.0357. The third kappa shape index (κ3) is 5.28. The summed E-state index contributed by atoms with van der Waals surface area (Å²) in [5.41, 5.74) is 5.56. The monoisotopic (exact) mass is 403 g/mol. The van der Waals surface area contributed by atoms with Crippen molar-refractivity contribution in [3.63, 3.8) is 0 Å². The molecule has 3 nitrogen and oxygen atoms in total. The summed E-state index contributed by atoms with van der Waals surface area (Å²) in [7, 11) is 1.94. The maximum atomic E-state index is 4.45. The molecule has 0 amide bonds. The van der Waals surface area contributed by atoms with Crippen molar-refractivity contribution in [2.24, 2.45) is 5.10 Å². The molecule has 0 radical (unpaired) electrons. The van der Waals surface area contributed by atoms with Crippen LogP contribution in [0.15, 0.2) is 126 Å². The van der Waals surface area contributed by atoms with Gasteiger partial charge in [0.25, 0.3) is 0 Å². The molecule has 0 spiro atoms. The number of anilines is 4. The van der Waals surface area contributed by atoms with Crippen molar-refractivity contribution >= 4 is 35.0 Å². The number of hydrazone groups is 1. The van der Waals surface area contributed by atoms with Gasteiger partial charge in [0.15, 0.2) is 0 Å². The standard InChI is InChI=1S/C28H25N3/c1-30(25-13-5-2-6-14-25)29-23-11-12-24-19-21-28(22-20-24)31(26-15-7-3-8-16-26)27-17-9-4-10-18-27/h2-23H,1H3/b12-11-,29-23+. The molecule has 152 valence electrons. The largest absolute Gasteiger partial charge is 0.311 e. The van der Waals surface area contributed by atoms with Gasteiger partial charge in [-0.3, -0.25) is 5.01 Å². The number of hydrogen-bond acceptors (Lipinski definition) is 3. The van der Waals surface area contributed by atoms with E-state index in [0.717, 1.165) is 28.3 Å². The van der Waals surface area contributed by atoms with Crippen LogP contribution in [0.5, 0.6) is 0 Å². The lowest BCUT2D eigenvalue weighted by Crippen LogP contribution is -2.09. The molecule has 0 aliphatic rings. The molecule has 0 atom stereocenters. The molecule has 0 aliphatic heterocycles. The van der Waals surface area contributed by atoms with Crippen molar-refractivity contribution in [2.45, 2.75) is 0 Å². The SMILES string of the molecule is CN(/N=C/C=C\c1ccc(N(c2ccccc2)c2ccccc2)cc1)c1ccccc1. The van der Waals surface area contributed by atoms with Crippen molar-refractivity contribution in [2.75, 3.05) is 17.0 Å². The third-order valence-electron chi connectivity index (χ3n) is 4.92. The van der Waals surface area contributed by atoms with Crippen LogP contribution in [-0.2, 0) is 0 Å². The highest BCUT2D eigenvalue weighted by Gasteiger charge is 2.11.